The fourth-order valence-electron chi connectivity index (χ4n) is 5.22. The molecule has 0 unspecified atom stereocenters. The number of esters is 1. The first-order valence-corrected chi connectivity index (χ1v) is 14.1. The average Bonchev–Trinajstić information content (AvgIpc) is 2.87. The molecular formula is C25H38O5Si. The van der Waals surface area contributed by atoms with Gasteiger partial charge in [0.2, 0.25) is 0 Å². The van der Waals surface area contributed by atoms with Gasteiger partial charge in [-0.3, -0.25) is 0 Å². The molecule has 0 spiro atoms. The highest BCUT2D eigenvalue weighted by Crippen LogP contribution is 2.63. The van der Waals surface area contributed by atoms with Gasteiger partial charge in [-0.15, -0.1) is 0 Å². The molecule has 31 heavy (non-hydrogen) atoms. The SMILES string of the molecule is COC(=O)COc1cccc2c1C[C@@]1(C)C[C@@H](O[Si](C)(C)C(C)(C)C)[C@H](C=O)[C@@]1(C)C2. The summed E-state index contributed by atoms with van der Waals surface area (Å²) in [5, 5.41) is 0.0911. The Balaban J connectivity index is 1.94. The molecule has 6 heteroatoms. The maximum atomic E-state index is 12.4. The Morgan fingerprint density at radius 3 is 2.48 bits per heavy atom. The molecule has 0 bridgehead atoms. The average molecular weight is 447 g/mol. The lowest BCUT2D eigenvalue weighted by Gasteiger charge is -2.48. The van der Waals surface area contributed by atoms with E-state index >= 15 is 0 Å². The van der Waals surface area contributed by atoms with Gasteiger partial charge >= 0.3 is 5.97 Å². The zero-order valence-electron chi connectivity index (χ0n) is 20.3. The van der Waals surface area contributed by atoms with Crippen LogP contribution in [0.25, 0.3) is 0 Å². The molecule has 1 fully saturated rings. The Bertz CT molecular complexity index is 858. The van der Waals surface area contributed by atoms with E-state index in [0.717, 1.165) is 36.9 Å². The lowest BCUT2D eigenvalue weighted by atomic mass is 9.56. The second-order valence-corrected chi connectivity index (χ2v) is 16.1. The van der Waals surface area contributed by atoms with E-state index in [9.17, 15) is 9.59 Å². The predicted molar refractivity (Wildman–Crippen MR) is 124 cm³/mol. The molecule has 0 radical (unpaired) electrons. The van der Waals surface area contributed by atoms with E-state index in [0.29, 0.717) is 0 Å². The van der Waals surface area contributed by atoms with Gasteiger partial charge in [0.25, 0.3) is 0 Å². The van der Waals surface area contributed by atoms with Crippen LogP contribution in [0.15, 0.2) is 18.2 Å². The van der Waals surface area contributed by atoms with Crippen LogP contribution in [0.5, 0.6) is 5.75 Å². The van der Waals surface area contributed by atoms with E-state index in [1.54, 1.807) is 0 Å². The van der Waals surface area contributed by atoms with Gasteiger partial charge in [0.1, 0.15) is 12.0 Å². The Morgan fingerprint density at radius 1 is 1.23 bits per heavy atom. The largest absolute Gasteiger partial charge is 0.482 e. The van der Waals surface area contributed by atoms with Crippen molar-refractivity contribution in [1.29, 1.82) is 0 Å². The summed E-state index contributed by atoms with van der Waals surface area (Å²) in [6.45, 7) is 15.7. The van der Waals surface area contributed by atoms with Crippen LogP contribution in [0.1, 0.15) is 52.2 Å². The van der Waals surface area contributed by atoms with Crippen molar-refractivity contribution in [1.82, 2.24) is 0 Å². The first-order chi connectivity index (χ1) is 14.3. The molecule has 0 aliphatic heterocycles. The van der Waals surface area contributed by atoms with Gasteiger partial charge in [-0.25, -0.2) is 4.79 Å². The first kappa shape index (κ1) is 24.0. The highest BCUT2D eigenvalue weighted by atomic mass is 28.4. The van der Waals surface area contributed by atoms with E-state index in [4.69, 9.17) is 13.9 Å². The number of rotatable bonds is 6. The fourth-order valence-corrected chi connectivity index (χ4v) is 6.56. The van der Waals surface area contributed by atoms with Crippen LogP contribution in [0, 0.1) is 16.7 Å². The molecule has 0 heterocycles. The van der Waals surface area contributed by atoms with Crippen molar-refractivity contribution in [2.24, 2.45) is 16.7 Å². The van der Waals surface area contributed by atoms with E-state index in [-0.39, 0.29) is 34.5 Å². The number of ether oxygens (including phenoxy) is 2. The van der Waals surface area contributed by atoms with Crippen molar-refractivity contribution in [2.75, 3.05) is 13.7 Å². The molecular weight excluding hydrogens is 408 g/mol. The van der Waals surface area contributed by atoms with Crippen LogP contribution in [-0.2, 0) is 31.6 Å². The molecule has 0 aromatic heterocycles. The van der Waals surface area contributed by atoms with Crippen molar-refractivity contribution in [2.45, 2.75) is 78.1 Å². The topological polar surface area (TPSA) is 61.8 Å². The van der Waals surface area contributed by atoms with E-state index < -0.39 is 14.3 Å². The van der Waals surface area contributed by atoms with Crippen LogP contribution in [-0.4, -0.2) is 40.4 Å². The number of hydrogen-bond acceptors (Lipinski definition) is 5. The molecule has 172 valence electrons. The Labute approximate surface area is 188 Å². The maximum Gasteiger partial charge on any atom is 0.343 e. The summed E-state index contributed by atoms with van der Waals surface area (Å²) >= 11 is 0. The van der Waals surface area contributed by atoms with Gasteiger partial charge in [0.05, 0.1) is 13.2 Å². The van der Waals surface area contributed by atoms with Gasteiger partial charge in [-0.2, -0.15) is 0 Å². The lowest BCUT2D eigenvalue weighted by molar-refractivity contribution is -0.143. The summed E-state index contributed by atoms with van der Waals surface area (Å²) in [5.41, 5.74) is 2.06. The van der Waals surface area contributed by atoms with Crippen molar-refractivity contribution < 1.29 is 23.5 Å². The van der Waals surface area contributed by atoms with Gasteiger partial charge in [0, 0.05) is 5.92 Å². The van der Waals surface area contributed by atoms with Crippen LogP contribution in [0.3, 0.4) is 0 Å². The number of hydrogen-bond donors (Lipinski definition) is 0. The Kier molecular flexibility index (Phi) is 6.22. The summed E-state index contributed by atoms with van der Waals surface area (Å²) in [6, 6.07) is 6.00. The third-order valence-electron chi connectivity index (χ3n) is 8.49. The van der Waals surface area contributed by atoms with E-state index in [1.165, 1.54) is 12.7 Å². The van der Waals surface area contributed by atoms with Crippen molar-refractivity contribution in [3.63, 3.8) is 0 Å². The number of carbonyl (C=O) groups excluding carboxylic acids is 2. The van der Waals surface area contributed by atoms with Crippen molar-refractivity contribution >= 4 is 20.6 Å². The number of carbonyl (C=O) groups is 2. The van der Waals surface area contributed by atoms with Gasteiger partial charge < -0.3 is 18.7 Å². The summed E-state index contributed by atoms with van der Waals surface area (Å²) in [6.07, 6.45) is 3.53. The molecule has 0 saturated heterocycles. The number of aldehydes is 1. The minimum absolute atomic E-state index is 0.0675. The lowest BCUT2D eigenvalue weighted by Crippen LogP contribution is -2.47. The van der Waals surface area contributed by atoms with Crippen LogP contribution in [0.4, 0.5) is 0 Å². The normalized spacial score (nSPS) is 30.3. The van der Waals surface area contributed by atoms with E-state index in [2.05, 4.69) is 53.8 Å². The second-order valence-electron chi connectivity index (χ2n) is 11.4. The van der Waals surface area contributed by atoms with Crippen molar-refractivity contribution in [3.8, 4) is 5.75 Å². The number of methoxy groups -OCH3 is 1. The van der Waals surface area contributed by atoms with Gasteiger partial charge in [-0.1, -0.05) is 46.8 Å². The molecule has 0 N–H and O–H groups in total. The van der Waals surface area contributed by atoms with Crippen LogP contribution < -0.4 is 4.74 Å². The Morgan fingerprint density at radius 2 is 1.90 bits per heavy atom. The molecule has 3 rings (SSSR count). The maximum absolute atomic E-state index is 12.4. The molecule has 1 saturated carbocycles. The minimum atomic E-state index is -2.01. The smallest absolute Gasteiger partial charge is 0.343 e. The molecule has 1 aromatic carbocycles. The summed E-state index contributed by atoms with van der Waals surface area (Å²) in [5.74, 6) is 0.205. The summed E-state index contributed by atoms with van der Waals surface area (Å²) in [7, 11) is -0.653. The van der Waals surface area contributed by atoms with Crippen LogP contribution >= 0.6 is 0 Å². The molecule has 2 aliphatic rings. The number of benzene rings is 1. The zero-order chi connectivity index (χ0) is 23.2. The van der Waals surface area contributed by atoms with Crippen molar-refractivity contribution in [3.05, 3.63) is 29.3 Å². The molecule has 1 aromatic rings. The fraction of sp³-hybridized carbons (Fsp3) is 0.680. The third-order valence-corrected chi connectivity index (χ3v) is 13.0. The van der Waals surface area contributed by atoms with Crippen LogP contribution in [0.2, 0.25) is 18.1 Å². The molecule has 5 nitrogen and oxygen atoms in total. The number of fused-ring (bicyclic) bond motifs is 2. The monoisotopic (exact) mass is 446 g/mol. The van der Waals surface area contributed by atoms with Gasteiger partial charge in [-0.05, 0) is 65.4 Å². The second kappa shape index (κ2) is 8.04. The minimum Gasteiger partial charge on any atom is -0.482 e. The molecule has 4 atom stereocenters. The first-order valence-electron chi connectivity index (χ1n) is 11.2. The Hall–Kier alpha value is -1.66. The summed E-state index contributed by atoms with van der Waals surface area (Å²) < 4.78 is 17.4. The molecule has 2 aliphatic carbocycles. The van der Waals surface area contributed by atoms with Gasteiger partial charge in [0.15, 0.2) is 14.9 Å². The molecule has 0 amide bonds. The standard InChI is InChI=1S/C25H38O5Si/c1-23(2,3)31(7,8)30-21-14-24(4)13-18-17(12-25(24,5)19(21)15-26)10-9-11-20(18)29-16-22(27)28-6/h9-11,15,19,21H,12-14,16H2,1-8H3/t19-,21+,24-,25+/m0/s1. The zero-order valence-corrected chi connectivity index (χ0v) is 21.3. The van der Waals surface area contributed by atoms with E-state index in [1.807, 2.05) is 12.1 Å². The quantitative estimate of drug-likeness (QED) is 0.351. The third kappa shape index (κ3) is 4.09. The highest BCUT2D eigenvalue weighted by molar-refractivity contribution is 6.74. The highest BCUT2D eigenvalue weighted by Gasteiger charge is 2.62. The summed E-state index contributed by atoms with van der Waals surface area (Å²) in [4.78, 5) is 24.0. The predicted octanol–water partition coefficient (Wildman–Crippen LogP) is 4.96.